The molecule has 23 heavy (non-hydrogen) atoms. The van der Waals surface area contributed by atoms with Gasteiger partial charge in [-0.1, -0.05) is 49.0 Å². The Balaban J connectivity index is 2.09. The monoisotopic (exact) mass is 300 g/mol. The Morgan fingerprint density at radius 3 is 2.48 bits per heavy atom. The minimum absolute atomic E-state index is 0.0933. The van der Waals surface area contributed by atoms with Crippen LogP contribution < -0.4 is 0 Å². The lowest BCUT2D eigenvalue weighted by Crippen LogP contribution is -2.61. The molecular weight excluding hydrogens is 280 g/mol. The summed E-state index contributed by atoms with van der Waals surface area (Å²) >= 11 is 0. The van der Waals surface area contributed by atoms with Gasteiger partial charge in [0.2, 0.25) is 0 Å². The average Bonchev–Trinajstić information content (AvgIpc) is 2.91. The van der Waals surface area contributed by atoms with Crippen molar-refractivity contribution in [3.63, 3.8) is 0 Å². The summed E-state index contributed by atoms with van der Waals surface area (Å²) in [7, 11) is 0. The smallest absolute Gasteiger partial charge is 0.104 e. The molecule has 0 amide bonds. The first kappa shape index (κ1) is 14.3. The Labute approximate surface area is 137 Å². The topological polar surface area (TPSA) is 47.6 Å². The predicted octanol–water partition coefficient (Wildman–Crippen LogP) is 4.48. The molecule has 1 fully saturated rings. The summed E-state index contributed by atoms with van der Waals surface area (Å²) in [5.74, 6) is 0.634. The number of nitrogens with zero attached hydrogens (tertiary/aromatic N) is 2. The Morgan fingerprint density at radius 2 is 1.87 bits per heavy atom. The zero-order valence-electron chi connectivity index (χ0n) is 13.4. The quantitative estimate of drug-likeness (QED) is 0.706. The van der Waals surface area contributed by atoms with Gasteiger partial charge >= 0.3 is 0 Å². The minimum atomic E-state index is -0.641. The van der Waals surface area contributed by atoms with Crippen molar-refractivity contribution in [1.82, 2.24) is 0 Å². The van der Waals surface area contributed by atoms with Crippen molar-refractivity contribution < 1.29 is 0 Å². The number of allylic oxidation sites excluding steroid dienone is 8. The maximum atomic E-state index is 10.1. The van der Waals surface area contributed by atoms with Crippen molar-refractivity contribution in [2.24, 2.45) is 34.0 Å². The summed E-state index contributed by atoms with van der Waals surface area (Å²) in [5.41, 5.74) is 0.979. The van der Waals surface area contributed by atoms with Crippen LogP contribution in [0.5, 0.6) is 0 Å². The Bertz CT molecular complexity index is 799. The fourth-order valence-electron chi connectivity index (χ4n) is 5.60. The fourth-order valence-corrected chi connectivity index (χ4v) is 5.60. The van der Waals surface area contributed by atoms with Gasteiger partial charge in [0.15, 0.2) is 0 Å². The molecule has 114 valence electrons. The highest BCUT2D eigenvalue weighted by Gasteiger charge is 2.72. The highest BCUT2D eigenvalue weighted by Crippen LogP contribution is 2.76. The van der Waals surface area contributed by atoms with Crippen LogP contribution in [0.2, 0.25) is 0 Å². The maximum absolute atomic E-state index is 10.1. The van der Waals surface area contributed by atoms with Crippen LogP contribution in [0, 0.1) is 56.7 Å². The molecule has 0 saturated heterocycles. The van der Waals surface area contributed by atoms with Gasteiger partial charge in [0.25, 0.3) is 0 Å². The molecule has 4 rings (SSSR count). The molecule has 0 N–H and O–H groups in total. The van der Waals surface area contributed by atoms with E-state index in [9.17, 15) is 10.5 Å². The molecule has 0 bridgehead atoms. The van der Waals surface area contributed by atoms with Crippen LogP contribution in [0.1, 0.15) is 19.8 Å². The lowest BCUT2D eigenvalue weighted by Gasteiger charge is -2.64. The summed E-state index contributed by atoms with van der Waals surface area (Å²) in [6.45, 7) is 10.2. The van der Waals surface area contributed by atoms with Crippen LogP contribution in [0.25, 0.3) is 0 Å². The number of rotatable bonds is 2. The van der Waals surface area contributed by atoms with E-state index in [0.29, 0.717) is 5.92 Å². The third-order valence-electron chi connectivity index (χ3n) is 6.82. The van der Waals surface area contributed by atoms with Crippen LogP contribution in [0.3, 0.4) is 0 Å². The lowest BCUT2D eigenvalue weighted by atomic mass is 9.36. The molecule has 1 saturated carbocycles. The zero-order chi connectivity index (χ0) is 16.5. The van der Waals surface area contributed by atoms with Crippen molar-refractivity contribution in [2.75, 3.05) is 0 Å². The van der Waals surface area contributed by atoms with E-state index in [2.05, 4.69) is 44.4 Å². The SMILES string of the molecule is C=C[C@@H]1C[C@@]2(C#N)C=C[C@@]3(C#N)C4=C(C[C@@H]3C=C)[C@H](C)C=C[C@]412. The third kappa shape index (κ3) is 1.23. The molecule has 1 spiro atoms. The van der Waals surface area contributed by atoms with Gasteiger partial charge < -0.3 is 0 Å². The summed E-state index contributed by atoms with van der Waals surface area (Å²) < 4.78 is 0. The Morgan fingerprint density at radius 1 is 1.13 bits per heavy atom. The molecule has 0 aromatic rings. The van der Waals surface area contributed by atoms with Gasteiger partial charge in [-0.3, -0.25) is 0 Å². The van der Waals surface area contributed by atoms with Crippen molar-refractivity contribution in [2.45, 2.75) is 19.8 Å². The van der Waals surface area contributed by atoms with Crippen LogP contribution in [0.4, 0.5) is 0 Å². The van der Waals surface area contributed by atoms with Crippen LogP contribution in [0.15, 0.2) is 60.8 Å². The number of hydrogen-bond donors (Lipinski definition) is 0. The van der Waals surface area contributed by atoms with E-state index in [1.165, 1.54) is 11.1 Å². The normalized spacial score (nSPS) is 48.6. The van der Waals surface area contributed by atoms with Crippen LogP contribution in [-0.4, -0.2) is 0 Å². The van der Waals surface area contributed by atoms with Crippen LogP contribution in [-0.2, 0) is 0 Å². The van der Waals surface area contributed by atoms with Gasteiger partial charge in [-0.15, -0.1) is 13.2 Å². The van der Waals surface area contributed by atoms with Gasteiger partial charge in [-0.05, 0) is 30.3 Å². The first-order valence-corrected chi connectivity index (χ1v) is 8.26. The molecule has 6 atom stereocenters. The predicted molar refractivity (Wildman–Crippen MR) is 89.6 cm³/mol. The highest BCUT2D eigenvalue weighted by atomic mass is 14.7. The minimum Gasteiger partial charge on any atom is -0.197 e. The molecule has 0 radical (unpaired) electrons. The average molecular weight is 300 g/mol. The van der Waals surface area contributed by atoms with Gasteiger partial charge in [-0.2, -0.15) is 10.5 Å². The maximum Gasteiger partial charge on any atom is 0.104 e. The van der Waals surface area contributed by atoms with E-state index >= 15 is 0 Å². The molecule has 0 aromatic heterocycles. The van der Waals surface area contributed by atoms with Gasteiger partial charge in [-0.25, -0.2) is 0 Å². The number of nitriles is 2. The fraction of sp³-hybridized carbons (Fsp3) is 0.429. The van der Waals surface area contributed by atoms with Crippen molar-refractivity contribution >= 4 is 0 Å². The van der Waals surface area contributed by atoms with E-state index in [-0.39, 0.29) is 17.3 Å². The largest absolute Gasteiger partial charge is 0.197 e. The lowest BCUT2D eigenvalue weighted by molar-refractivity contribution is 0.0118. The molecule has 0 heterocycles. The molecule has 4 aliphatic carbocycles. The summed E-state index contributed by atoms with van der Waals surface area (Å²) in [6.07, 6.45) is 14.0. The summed E-state index contributed by atoms with van der Waals surface area (Å²) in [4.78, 5) is 0. The summed E-state index contributed by atoms with van der Waals surface area (Å²) in [5, 5.41) is 20.1. The Kier molecular flexibility index (Phi) is 2.58. The molecule has 2 nitrogen and oxygen atoms in total. The van der Waals surface area contributed by atoms with E-state index in [1.807, 2.05) is 24.3 Å². The molecule has 0 aromatic carbocycles. The van der Waals surface area contributed by atoms with Crippen molar-refractivity contribution in [1.29, 1.82) is 10.5 Å². The second-order valence-electron chi connectivity index (χ2n) is 7.41. The van der Waals surface area contributed by atoms with E-state index in [1.54, 1.807) is 0 Å². The van der Waals surface area contributed by atoms with Gasteiger partial charge in [0, 0.05) is 11.3 Å². The van der Waals surface area contributed by atoms with E-state index in [0.717, 1.165) is 12.8 Å². The zero-order valence-corrected chi connectivity index (χ0v) is 13.4. The second kappa shape index (κ2) is 4.15. The van der Waals surface area contributed by atoms with Crippen molar-refractivity contribution in [3.05, 3.63) is 60.8 Å². The molecular formula is C21H20N2. The standard InChI is InChI=1S/C21H20N2/c1-4-15-10-17-14(3)6-7-21-16(5-2)11-19(21,12-22)8-9-20(15,13-23)18(17)21/h4-9,14-16H,1-2,10-11H2,3H3/t14-,15+,16-,19-,20+,21-/m1/s1. The molecule has 4 aliphatic rings. The van der Waals surface area contributed by atoms with Gasteiger partial charge in [0.1, 0.15) is 5.41 Å². The van der Waals surface area contributed by atoms with Gasteiger partial charge in [0.05, 0.1) is 17.6 Å². The molecule has 2 heteroatoms. The first-order valence-electron chi connectivity index (χ1n) is 8.26. The first-order chi connectivity index (χ1) is 11.0. The molecule has 0 unspecified atom stereocenters. The van der Waals surface area contributed by atoms with Crippen LogP contribution >= 0.6 is 0 Å². The van der Waals surface area contributed by atoms with E-state index in [4.69, 9.17) is 0 Å². The van der Waals surface area contributed by atoms with E-state index < -0.39 is 10.8 Å². The van der Waals surface area contributed by atoms with Crippen molar-refractivity contribution in [3.8, 4) is 12.1 Å². The highest BCUT2D eigenvalue weighted by molar-refractivity contribution is 5.61. The Hall–Kier alpha value is -2.32. The molecule has 0 aliphatic heterocycles. The summed E-state index contributed by atoms with van der Waals surface area (Å²) in [6, 6.07) is 5.18. The number of hydrogen-bond acceptors (Lipinski definition) is 2. The third-order valence-corrected chi connectivity index (χ3v) is 6.82. The second-order valence-corrected chi connectivity index (χ2v) is 7.41.